The van der Waals surface area contributed by atoms with Crippen molar-refractivity contribution in [2.75, 3.05) is 13.2 Å². The predicted molar refractivity (Wildman–Crippen MR) is 109 cm³/mol. The maximum Gasteiger partial charge on any atom is 0.407 e. The molecular formula is C22H37NO4. The van der Waals surface area contributed by atoms with Crippen molar-refractivity contribution in [3.8, 4) is 0 Å². The summed E-state index contributed by atoms with van der Waals surface area (Å²) in [6.45, 7) is 1.06. The number of rotatable bonds is 16. The SMILES string of the molecule is O=C(NCc1ccccc1)OCCCCCCCCCCCC(O)CCO. The van der Waals surface area contributed by atoms with E-state index in [4.69, 9.17) is 9.84 Å². The molecule has 0 spiro atoms. The van der Waals surface area contributed by atoms with Crippen LogP contribution in [0.1, 0.15) is 76.2 Å². The second-order valence-electron chi connectivity index (χ2n) is 7.11. The summed E-state index contributed by atoms with van der Waals surface area (Å²) in [6.07, 6.45) is 11.0. The van der Waals surface area contributed by atoms with E-state index in [0.717, 1.165) is 37.7 Å². The molecule has 0 bridgehead atoms. The Morgan fingerprint density at radius 1 is 0.889 bits per heavy atom. The molecule has 1 rings (SSSR count). The van der Waals surface area contributed by atoms with Gasteiger partial charge in [0, 0.05) is 13.2 Å². The van der Waals surface area contributed by atoms with E-state index in [1.807, 2.05) is 30.3 Å². The first kappa shape index (κ1) is 23.4. The standard InChI is InChI=1S/C22H37NO4/c24-17-16-21(25)15-11-6-4-2-1-3-5-7-12-18-27-22(26)23-19-20-13-9-8-10-14-20/h8-10,13-14,21,24-25H,1-7,11-12,15-19H2,(H,23,26). The number of hydrogen-bond acceptors (Lipinski definition) is 4. The Morgan fingerprint density at radius 2 is 1.48 bits per heavy atom. The topological polar surface area (TPSA) is 78.8 Å². The van der Waals surface area contributed by atoms with Crippen LogP contribution in [0.2, 0.25) is 0 Å². The maximum atomic E-state index is 11.6. The van der Waals surface area contributed by atoms with Crippen molar-refractivity contribution in [2.45, 2.75) is 83.3 Å². The Kier molecular flexibility index (Phi) is 14.4. The van der Waals surface area contributed by atoms with Crippen LogP contribution in [0.4, 0.5) is 4.79 Å². The summed E-state index contributed by atoms with van der Waals surface area (Å²) in [5.74, 6) is 0. The van der Waals surface area contributed by atoms with Crippen molar-refractivity contribution < 1.29 is 19.7 Å². The lowest BCUT2D eigenvalue weighted by molar-refractivity contribution is 0.122. The van der Waals surface area contributed by atoms with Crippen LogP contribution in [0.3, 0.4) is 0 Å². The van der Waals surface area contributed by atoms with Gasteiger partial charge in [0.15, 0.2) is 0 Å². The second kappa shape index (κ2) is 16.6. The molecule has 0 aromatic heterocycles. The third kappa shape index (κ3) is 14.2. The van der Waals surface area contributed by atoms with Crippen LogP contribution in [0.15, 0.2) is 30.3 Å². The third-order valence-corrected chi connectivity index (χ3v) is 4.66. The fourth-order valence-electron chi connectivity index (χ4n) is 3.00. The van der Waals surface area contributed by atoms with Gasteiger partial charge in [-0.25, -0.2) is 4.79 Å². The Balaban J connectivity index is 1.80. The number of alkyl carbamates (subject to hydrolysis) is 1. The minimum Gasteiger partial charge on any atom is -0.450 e. The van der Waals surface area contributed by atoms with E-state index in [1.54, 1.807) is 0 Å². The van der Waals surface area contributed by atoms with Crippen LogP contribution in [0, 0.1) is 0 Å². The van der Waals surface area contributed by atoms with E-state index >= 15 is 0 Å². The van der Waals surface area contributed by atoms with E-state index in [1.165, 1.54) is 32.1 Å². The van der Waals surface area contributed by atoms with Crippen molar-refractivity contribution >= 4 is 6.09 Å². The zero-order chi connectivity index (χ0) is 19.6. The van der Waals surface area contributed by atoms with Crippen LogP contribution in [0.25, 0.3) is 0 Å². The summed E-state index contributed by atoms with van der Waals surface area (Å²) in [4.78, 5) is 11.6. The Hall–Kier alpha value is -1.59. The van der Waals surface area contributed by atoms with E-state index in [2.05, 4.69) is 5.32 Å². The van der Waals surface area contributed by atoms with E-state index in [9.17, 15) is 9.90 Å². The molecule has 0 aliphatic heterocycles. The Morgan fingerprint density at radius 3 is 2.11 bits per heavy atom. The highest BCUT2D eigenvalue weighted by atomic mass is 16.5. The van der Waals surface area contributed by atoms with Gasteiger partial charge in [0.1, 0.15) is 0 Å². The molecule has 1 aromatic rings. The smallest absolute Gasteiger partial charge is 0.407 e. The summed E-state index contributed by atoms with van der Waals surface area (Å²) >= 11 is 0. The minimum absolute atomic E-state index is 0.0740. The number of benzene rings is 1. The zero-order valence-electron chi connectivity index (χ0n) is 16.6. The van der Waals surface area contributed by atoms with E-state index in [-0.39, 0.29) is 18.8 Å². The van der Waals surface area contributed by atoms with Crippen LogP contribution in [0.5, 0.6) is 0 Å². The highest BCUT2D eigenvalue weighted by Gasteiger charge is 2.03. The minimum atomic E-state index is -0.344. The molecule has 0 saturated heterocycles. The molecule has 1 aromatic carbocycles. The number of hydrogen-bond donors (Lipinski definition) is 3. The Labute approximate surface area is 164 Å². The van der Waals surface area contributed by atoms with Gasteiger partial charge in [0.05, 0.1) is 12.7 Å². The molecule has 5 nitrogen and oxygen atoms in total. The summed E-state index contributed by atoms with van der Waals surface area (Å²) in [6, 6.07) is 9.80. The number of carbonyl (C=O) groups excluding carboxylic acids is 1. The fourth-order valence-corrected chi connectivity index (χ4v) is 3.00. The quantitative estimate of drug-likeness (QED) is 0.368. The van der Waals surface area contributed by atoms with E-state index < -0.39 is 0 Å². The molecule has 154 valence electrons. The average molecular weight is 380 g/mol. The fraction of sp³-hybridized carbons (Fsp3) is 0.682. The van der Waals surface area contributed by atoms with Gasteiger partial charge in [-0.15, -0.1) is 0 Å². The normalized spacial score (nSPS) is 11.9. The molecule has 0 aliphatic rings. The molecule has 3 N–H and O–H groups in total. The first-order valence-corrected chi connectivity index (χ1v) is 10.5. The van der Waals surface area contributed by atoms with Gasteiger partial charge >= 0.3 is 6.09 Å². The van der Waals surface area contributed by atoms with Gasteiger partial charge in [0.2, 0.25) is 0 Å². The van der Waals surface area contributed by atoms with Crippen LogP contribution in [-0.2, 0) is 11.3 Å². The largest absolute Gasteiger partial charge is 0.450 e. The second-order valence-corrected chi connectivity index (χ2v) is 7.11. The number of ether oxygens (including phenoxy) is 1. The average Bonchev–Trinajstić information content (AvgIpc) is 2.68. The molecule has 1 unspecified atom stereocenters. The van der Waals surface area contributed by atoms with E-state index in [0.29, 0.717) is 19.6 Å². The van der Waals surface area contributed by atoms with Crippen molar-refractivity contribution in [3.63, 3.8) is 0 Å². The van der Waals surface area contributed by atoms with Crippen molar-refractivity contribution in [3.05, 3.63) is 35.9 Å². The summed E-state index contributed by atoms with van der Waals surface area (Å²) in [7, 11) is 0. The Bertz CT molecular complexity index is 467. The lowest BCUT2D eigenvalue weighted by Gasteiger charge is -2.08. The van der Waals surface area contributed by atoms with Crippen LogP contribution < -0.4 is 5.32 Å². The van der Waals surface area contributed by atoms with Crippen LogP contribution >= 0.6 is 0 Å². The lowest BCUT2D eigenvalue weighted by atomic mass is 10.0. The third-order valence-electron chi connectivity index (χ3n) is 4.66. The molecular weight excluding hydrogens is 342 g/mol. The van der Waals surface area contributed by atoms with Gasteiger partial charge in [-0.1, -0.05) is 81.7 Å². The predicted octanol–water partition coefficient (Wildman–Crippen LogP) is 4.56. The number of nitrogens with one attached hydrogen (secondary N) is 1. The van der Waals surface area contributed by atoms with Crippen molar-refractivity contribution in [1.29, 1.82) is 0 Å². The molecule has 27 heavy (non-hydrogen) atoms. The number of unbranched alkanes of at least 4 members (excludes halogenated alkanes) is 8. The molecule has 1 atom stereocenters. The maximum absolute atomic E-state index is 11.6. The van der Waals surface area contributed by atoms with Crippen molar-refractivity contribution in [1.82, 2.24) is 5.32 Å². The zero-order valence-corrected chi connectivity index (χ0v) is 16.6. The summed E-state index contributed by atoms with van der Waals surface area (Å²) in [5, 5.41) is 21.0. The molecule has 0 fully saturated rings. The van der Waals surface area contributed by atoms with Gasteiger partial charge in [-0.2, -0.15) is 0 Å². The first-order valence-electron chi connectivity index (χ1n) is 10.5. The summed E-state index contributed by atoms with van der Waals surface area (Å²) in [5.41, 5.74) is 1.07. The first-order chi connectivity index (χ1) is 13.2. The van der Waals surface area contributed by atoms with Gasteiger partial charge in [0.25, 0.3) is 0 Å². The molecule has 0 heterocycles. The molecule has 1 amide bonds. The van der Waals surface area contributed by atoms with Gasteiger partial charge < -0.3 is 20.3 Å². The molecule has 0 aliphatic carbocycles. The van der Waals surface area contributed by atoms with Crippen molar-refractivity contribution in [2.24, 2.45) is 0 Å². The molecule has 0 radical (unpaired) electrons. The summed E-state index contributed by atoms with van der Waals surface area (Å²) < 4.78 is 5.19. The lowest BCUT2D eigenvalue weighted by Crippen LogP contribution is -2.24. The monoisotopic (exact) mass is 379 g/mol. The highest BCUT2D eigenvalue weighted by molar-refractivity contribution is 5.67. The van der Waals surface area contributed by atoms with Crippen LogP contribution in [-0.4, -0.2) is 35.6 Å². The molecule has 5 heteroatoms. The van der Waals surface area contributed by atoms with Gasteiger partial charge in [-0.05, 0) is 24.8 Å². The molecule has 0 saturated carbocycles. The number of aliphatic hydroxyl groups excluding tert-OH is 2. The highest BCUT2D eigenvalue weighted by Crippen LogP contribution is 2.12. The number of amides is 1. The van der Waals surface area contributed by atoms with Gasteiger partial charge in [-0.3, -0.25) is 0 Å². The number of carbonyl (C=O) groups is 1. The number of aliphatic hydroxyl groups is 2.